The zero-order valence-electron chi connectivity index (χ0n) is 21.9. The monoisotopic (exact) mass is 521 g/mol. The fourth-order valence-electron chi connectivity index (χ4n) is 3.73. The average Bonchev–Trinajstić information content (AvgIpc) is 2.89. The van der Waals surface area contributed by atoms with Crippen molar-refractivity contribution in [2.75, 3.05) is 18.0 Å². The summed E-state index contributed by atoms with van der Waals surface area (Å²) < 4.78 is 39.2. The van der Waals surface area contributed by atoms with Crippen LogP contribution in [0.15, 0.2) is 77.7 Å². The van der Waals surface area contributed by atoms with Crippen LogP contribution in [-0.4, -0.2) is 28.0 Å². The molecule has 0 fully saturated rings. The molecule has 1 amide bonds. The van der Waals surface area contributed by atoms with E-state index in [2.05, 4.69) is 6.92 Å². The minimum absolute atomic E-state index is 0.0440. The lowest BCUT2D eigenvalue weighted by molar-refractivity contribution is -0.113. The number of anilines is 1. The van der Waals surface area contributed by atoms with Crippen LogP contribution in [0.2, 0.25) is 0 Å². The molecule has 0 unspecified atom stereocenters. The van der Waals surface area contributed by atoms with Crippen LogP contribution in [0.3, 0.4) is 0 Å². The van der Waals surface area contributed by atoms with E-state index in [0.29, 0.717) is 23.7 Å². The van der Waals surface area contributed by atoms with Crippen LogP contribution in [0.5, 0.6) is 11.5 Å². The molecule has 0 N–H and O–H groups in total. The van der Waals surface area contributed by atoms with E-state index in [1.807, 2.05) is 13.8 Å². The standard InChI is InChI=1S/C30H35NO5S/c1-5-6-7-8-21-36-28-19-13-25(22-29(28)35-4)14-20-30(32)31(26-15-9-23(2)10-16-26)37(33,34)27-17-11-24(3)12-18-27/h9-20,22H,5-8,21H2,1-4H3/b20-14+. The minimum atomic E-state index is -4.14. The zero-order valence-corrected chi connectivity index (χ0v) is 22.8. The van der Waals surface area contributed by atoms with Gasteiger partial charge in [-0.25, -0.2) is 8.42 Å². The van der Waals surface area contributed by atoms with Gasteiger partial charge in [0.15, 0.2) is 11.5 Å². The predicted octanol–water partition coefficient (Wildman–Crippen LogP) is 6.71. The van der Waals surface area contributed by atoms with E-state index in [0.717, 1.165) is 34.7 Å². The van der Waals surface area contributed by atoms with Crippen molar-refractivity contribution >= 4 is 27.7 Å². The van der Waals surface area contributed by atoms with Crippen molar-refractivity contribution in [1.82, 2.24) is 0 Å². The fraction of sp³-hybridized carbons (Fsp3) is 0.300. The SMILES string of the molecule is CCCCCCOc1ccc(/C=C/C(=O)N(c2ccc(C)cc2)S(=O)(=O)c2ccc(C)cc2)cc1OC. The van der Waals surface area contributed by atoms with E-state index in [1.54, 1.807) is 67.8 Å². The first-order valence-electron chi connectivity index (χ1n) is 12.5. The van der Waals surface area contributed by atoms with Crippen molar-refractivity contribution in [2.45, 2.75) is 51.3 Å². The van der Waals surface area contributed by atoms with Crippen molar-refractivity contribution < 1.29 is 22.7 Å². The number of sulfonamides is 1. The summed E-state index contributed by atoms with van der Waals surface area (Å²) in [6.45, 7) is 6.54. The number of carbonyl (C=O) groups is 1. The lowest BCUT2D eigenvalue weighted by atomic mass is 10.1. The second-order valence-electron chi connectivity index (χ2n) is 8.91. The lowest BCUT2D eigenvalue weighted by Crippen LogP contribution is -2.35. The molecule has 0 aliphatic rings. The van der Waals surface area contributed by atoms with Crippen molar-refractivity contribution in [3.8, 4) is 11.5 Å². The maximum atomic E-state index is 13.5. The molecular weight excluding hydrogens is 486 g/mol. The van der Waals surface area contributed by atoms with Gasteiger partial charge in [-0.15, -0.1) is 0 Å². The number of ether oxygens (including phenoxy) is 2. The van der Waals surface area contributed by atoms with Gasteiger partial charge in [0, 0.05) is 6.08 Å². The van der Waals surface area contributed by atoms with Gasteiger partial charge in [0.1, 0.15) is 0 Å². The lowest BCUT2D eigenvalue weighted by Gasteiger charge is -2.21. The number of benzene rings is 3. The molecule has 3 aromatic carbocycles. The van der Waals surface area contributed by atoms with Crippen molar-refractivity contribution in [3.05, 3.63) is 89.5 Å². The first-order valence-corrected chi connectivity index (χ1v) is 13.9. The number of methoxy groups -OCH3 is 1. The highest BCUT2D eigenvalue weighted by atomic mass is 32.2. The number of amides is 1. The predicted molar refractivity (Wildman–Crippen MR) is 149 cm³/mol. The van der Waals surface area contributed by atoms with Crippen molar-refractivity contribution in [3.63, 3.8) is 0 Å². The van der Waals surface area contributed by atoms with Crippen LogP contribution < -0.4 is 13.8 Å². The molecule has 0 aromatic heterocycles. The van der Waals surface area contributed by atoms with Gasteiger partial charge in [0.25, 0.3) is 15.9 Å². The number of hydrogen-bond donors (Lipinski definition) is 0. The van der Waals surface area contributed by atoms with Crippen molar-refractivity contribution in [2.24, 2.45) is 0 Å². The first-order chi connectivity index (χ1) is 17.8. The Labute approximate surface area is 220 Å². The van der Waals surface area contributed by atoms with Gasteiger partial charge in [0.2, 0.25) is 0 Å². The van der Waals surface area contributed by atoms with Gasteiger partial charge < -0.3 is 9.47 Å². The molecule has 0 saturated carbocycles. The van der Waals surface area contributed by atoms with Gasteiger partial charge in [-0.05, 0) is 68.3 Å². The normalized spacial score (nSPS) is 11.5. The number of carbonyl (C=O) groups excluding carboxylic acids is 1. The van der Waals surface area contributed by atoms with Crippen LogP contribution in [-0.2, 0) is 14.8 Å². The minimum Gasteiger partial charge on any atom is -0.493 e. The van der Waals surface area contributed by atoms with Gasteiger partial charge >= 0.3 is 0 Å². The fourth-order valence-corrected chi connectivity index (χ4v) is 5.12. The molecular formula is C30H35NO5S. The highest BCUT2D eigenvalue weighted by Crippen LogP contribution is 2.29. The second kappa shape index (κ2) is 13.1. The molecule has 0 spiro atoms. The van der Waals surface area contributed by atoms with Crippen LogP contribution >= 0.6 is 0 Å². The Kier molecular flexibility index (Phi) is 9.92. The van der Waals surface area contributed by atoms with E-state index < -0.39 is 15.9 Å². The zero-order chi connectivity index (χ0) is 26.8. The number of nitrogens with zero attached hydrogens (tertiary/aromatic N) is 1. The molecule has 6 nitrogen and oxygen atoms in total. The quantitative estimate of drug-likeness (QED) is 0.196. The molecule has 0 aliphatic carbocycles. The van der Waals surface area contributed by atoms with E-state index in [-0.39, 0.29) is 10.6 Å². The Balaban J connectivity index is 1.86. The number of rotatable bonds is 12. The third-order valence-electron chi connectivity index (χ3n) is 5.89. The molecule has 0 bridgehead atoms. The third-order valence-corrected chi connectivity index (χ3v) is 7.63. The summed E-state index contributed by atoms with van der Waals surface area (Å²) in [7, 11) is -2.58. The van der Waals surface area contributed by atoms with Crippen LogP contribution in [0.4, 0.5) is 5.69 Å². The smallest absolute Gasteiger partial charge is 0.271 e. The summed E-state index contributed by atoms with van der Waals surface area (Å²) in [6.07, 6.45) is 7.25. The summed E-state index contributed by atoms with van der Waals surface area (Å²) in [5.74, 6) is 0.498. The molecule has 0 aliphatic heterocycles. The Morgan fingerprint density at radius 2 is 1.51 bits per heavy atom. The van der Waals surface area contributed by atoms with Gasteiger partial charge in [-0.1, -0.05) is 67.6 Å². The summed E-state index contributed by atoms with van der Waals surface area (Å²) >= 11 is 0. The van der Waals surface area contributed by atoms with Crippen molar-refractivity contribution in [1.29, 1.82) is 0 Å². The number of unbranched alkanes of at least 4 members (excludes halogenated alkanes) is 3. The van der Waals surface area contributed by atoms with Gasteiger partial charge in [0.05, 0.1) is 24.3 Å². The highest BCUT2D eigenvalue weighted by molar-refractivity contribution is 7.93. The molecule has 0 heterocycles. The summed E-state index contributed by atoms with van der Waals surface area (Å²) in [4.78, 5) is 13.4. The number of aryl methyl sites for hydroxylation is 2. The molecule has 7 heteroatoms. The Morgan fingerprint density at radius 1 is 0.865 bits per heavy atom. The van der Waals surface area contributed by atoms with Crippen LogP contribution in [0.25, 0.3) is 6.08 Å². The molecule has 0 saturated heterocycles. The molecule has 0 atom stereocenters. The largest absolute Gasteiger partial charge is 0.493 e. The van der Waals surface area contributed by atoms with Crippen LogP contribution in [0.1, 0.15) is 49.3 Å². The van der Waals surface area contributed by atoms with Crippen LogP contribution in [0, 0.1) is 13.8 Å². The van der Waals surface area contributed by atoms with Gasteiger partial charge in [-0.2, -0.15) is 4.31 Å². The molecule has 3 rings (SSSR count). The van der Waals surface area contributed by atoms with E-state index in [9.17, 15) is 13.2 Å². The Morgan fingerprint density at radius 3 is 2.14 bits per heavy atom. The maximum absolute atomic E-state index is 13.5. The summed E-state index contributed by atoms with van der Waals surface area (Å²) in [5.41, 5.74) is 2.83. The van der Waals surface area contributed by atoms with E-state index in [4.69, 9.17) is 9.47 Å². The first kappa shape index (κ1) is 28.0. The average molecular weight is 522 g/mol. The Bertz CT molecular complexity index is 1310. The molecule has 0 radical (unpaired) electrons. The number of hydrogen-bond acceptors (Lipinski definition) is 5. The van der Waals surface area contributed by atoms with Gasteiger partial charge in [-0.3, -0.25) is 4.79 Å². The molecule has 37 heavy (non-hydrogen) atoms. The molecule has 196 valence electrons. The summed E-state index contributed by atoms with van der Waals surface area (Å²) in [5, 5.41) is 0. The Hall–Kier alpha value is -3.58. The van der Waals surface area contributed by atoms with E-state index >= 15 is 0 Å². The topological polar surface area (TPSA) is 72.9 Å². The second-order valence-corrected chi connectivity index (χ2v) is 10.7. The highest BCUT2D eigenvalue weighted by Gasteiger charge is 2.29. The van der Waals surface area contributed by atoms with E-state index in [1.165, 1.54) is 24.6 Å². The third kappa shape index (κ3) is 7.46. The maximum Gasteiger partial charge on any atom is 0.271 e. The summed E-state index contributed by atoms with van der Waals surface area (Å²) in [6, 6.07) is 18.6. The molecule has 3 aromatic rings.